The first-order valence-electron chi connectivity index (χ1n) is 10.0. The van der Waals surface area contributed by atoms with Crippen molar-refractivity contribution in [1.82, 2.24) is 9.97 Å². The highest BCUT2D eigenvalue weighted by Crippen LogP contribution is 2.62. The van der Waals surface area contributed by atoms with E-state index in [-0.39, 0.29) is 23.7 Å². The van der Waals surface area contributed by atoms with Gasteiger partial charge in [-0.2, -0.15) is 0 Å². The van der Waals surface area contributed by atoms with Crippen LogP contribution in [-0.2, 0) is 0 Å². The van der Waals surface area contributed by atoms with Gasteiger partial charge < -0.3 is 0 Å². The van der Waals surface area contributed by atoms with Gasteiger partial charge in [0.15, 0.2) is 0 Å². The second-order valence-electron chi connectivity index (χ2n) is 8.12. The van der Waals surface area contributed by atoms with Crippen molar-refractivity contribution in [2.75, 3.05) is 0 Å². The van der Waals surface area contributed by atoms with E-state index in [1.54, 1.807) is 0 Å². The van der Waals surface area contributed by atoms with Crippen molar-refractivity contribution in [2.45, 2.75) is 23.7 Å². The summed E-state index contributed by atoms with van der Waals surface area (Å²) >= 11 is 0. The Balaban J connectivity index is 1.69. The average Bonchev–Trinajstić information content (AvgIpc) is 2.74. The van der Waals surface area contributed by atoms with Crippen LogP contribution in [0.25, 0.3) is 0 Å². The summed E-state index contributed by atoms with van der Waals surface area (Å²) in [7, 11) is 0. The van der Waals surface area contributed by atoms with Crippen LogP contribution in [-0.4, -0.2) is 9.97 Å². The lowest BCUT2D eigenvalue weighted by Crippen LogP contribution is -2.36. The molecule has 0 aliphatic heterocycles. The van der Waals surface area contributed by atoms with Gasteiger partial charge in [-0.3, -0.25) is 9.97 Å². The summed E-state index contributed by atoms with van der Waals surface area (Å²) in [6, 6.07) is 26.8. The van der Waals surface area contributed by atoms with E-state index in [0.717, 1.165) is 0 Å². The fourth-order valence-electron chi connectivity index (χ4n) is 6.08. The third kappa shape index (κ3) is 1.65. The van der Waals surface area contributed by atoms with E-state index >= 15 is 0 Å². The Kier molecular flexibility index (Phi) is 2.72. The molecule has 132 valence electrons. The molecule has 0 radical (unpaired) electrons. The summed E-state index contributed by atoms with van der Waals surface area (Å²) < 4.78 is 0. The summed E-state index contributed by atoms with van der Waals surface area (Å²) in [6.45, 7) is 0. The van der Waals surface area contributed by atoms with Crippen molar-refractivity contribution in [3.05, 3.63) is 130 Å². The zero-order chi connectivity index (χ0) is 18.2. The van der Waals surface area contributed by atoms with Crippen LogP contribution in [0.15, 0.2) is 85.2 Å². The van der Waals surface area contributed by atoms with Crippen molar-refractivity contribution < 1.29 is 0 Å². The number of benzene rings is 2. The molecule has 2 aromatic carbocycles. The van der Waals surface area contributed by atoms with Crippen molar-refractivity contribution in [3.8, 4) is 0 Å². The number of hydrogen-bond acceptors (Lipinski definition) is 2. The minimum Gasteiger partial charge on any atom is -0.260 e. The Hall–Kier alpha value is -3.26. The van der Waals surface area contributed by atoms with Crippen LogP contribution in [0, 0.1) is 0 Å². The molecule has 2 heterocycles. The van der Waals surface area contributed by atoms with E-state index in [2.05, 4.69) is 72.8 Å². The molecule has 4 aromatic rings. The third-order valence-corrected chi connectivity index (χ3v) is 7.00. The maximum absolute atomic E-state index is 4.94. The molecule has 6 aliphatic carbocycles. The predicted octanol–water partition coefficient (Wildman–Crippen LogP) is 5.34. The maximum Gasteiger partial charge on any atom is 0.0527 e. The molecule has 0 amide bonds. The fraction of sp³-hybridized carbons (Fsp3) is 0.154. The van der Waals surface area contributed by atoms with Crippen LogP contribution in [0.3, 0.4) is 0 Å². The molecule has 2 aromatic heterocycles. The normalized spacial score (nSPS) is 25.1. The number of aromatic nitrogens is 2. The Labute approximate surface area is 163 Å². The van der Waals surface area contributed by atoms with Crippen LogP contribution in [0.2, 0.25) is 0 Å². The summed E-state index contributed by atoms with van der Waals surface area (Å²) in [5, 5.41) is 0. The zero-order valence-electron chi connectivity index (χ0n) is 15.3. The van der Waals surface area contributed by atoms with E-state index < -0.39 is 0 Å². The molecule has 6 aliphatic rings. The monoisotopic (exact) mass is 358 g/mol. The third-order valence-electron chi connectivity index (χ3n) is 7.00. The Morgan fingerprint density at radius 3 is 1.18 bits per heavy atom. The van der Waals surface area contributed by atoms with Crippen molar-refractivity contribution in [3.63, 3.8) is 0 Å². The number of nitrogens with zero attached hydrogens (tertiary/aromatic N) is 2. The Bertz CT molecular complexity index is 969. The highest BCUT2D eigenvalue weighted by atomic mass is 14.8. The van der Waals surface area contributed by atoms with Crippen molar-refractivity contribution >= 4 is 0 Å². The molecule has 0 spiro atoms. The van der Waals surface area contributed by atoms with Crippen LogP contribution < -0.4 is 0 Å². The summed E-state index contributed by atoms with van der Waals surface area (Å²) in [4.78, 5) is 9.88. The van der Waals surface area contributed by atoms with Gasteiger partial charge in [-0.1, -0.05) is 60.7 Å². The predicted molar refractivity (Wildman–Crippen MR) is 109 cm³/mol. The highest BCUT2D eigenvalue weighted by Gasteiger charge is 2.50. The highest BCUT2D eigenvalue weighted by molar-refractivity contribution is 5.65. The standard InChI is InChI=1S/C26H18N2/c1-3-9-17-15(7-1)21-19-11-5-13-27-25(19)23(17)24-18-10-4-2-8-16(18)22(21)20-12-6-14-28-26(20)24/h1-14,21-24H. The SMILES string of the molecule is c1ccc2c(c1)C1c3cccnc3C2C2c3ccccc3C1c1cccnc12. The minimum absolute atomic E-state index is 0.208. The number of rotatable bonds is 0. The fourth-order valence-corrected chi connectivity index (χ4v) is 6.08. The smallest absolute Gasteiger partial charge is 0.0527 e. The van der Waals surface area contributed by atoms with Gasteiger partial charge in [-0.15, -0.1) is 0 Å². The molecule has 0 N–H and O–H groups in total. The molecule has 4 atom stereocenters. The van der Waals surface area contributed by atoms with Crippen molar-refractivity contribution in [2.24, 2.45) is 0 Å². The first kappa shape index (κ1) is 14.8. The van der Waals surface area contributed by atoms with Gasteiger partial charge in [0.2, 0.25) is 0 Å². The van der Waals surface area contributed by atoms with Gasteiger partial charge in [0.05, 0.1) is 11.4 Å². The van der Waals surface area contributed by atoms with Gasteiger partial charge >= 0.3 is 0 Å². The Morgan fingerprint density at radius 2 is 0.750 bits per heavy atom. The van der Waals surface area contributed by atoms with Gasteiger partial charge in [-0.05, 0) is 45.5 Å². The molecule has 4 unspecified atom stereocenters. The van der Waals surface area contributed by atoms with E-state index in [0.29, 0.717) is 0 Å². The summed E-state index contributed by atoms with van der Waals surface area (Å²) in [6.07, 6.45) is 3.91. The molecule has 0 saturated carbocycles. The average molecular weight is 358 g/mol. The first-order chi connectivity index (χ1) is 13.9. The van der Waals surface area contributed by atoms with Crippen molar-refractivity contribution in [1.29, 1.82) is 0 Å². The molecule has 28 heavy (non-hydrogen) atoms. The lowest BCUT2D eigenvalue weighted by Gasteiger charge is -2.48. The van der Waals surface area contributed by atoms with Crippen LogP contribution in [0.5, 0.6) is 0 Å². The summed E-state index contributed by atoms with van der Waals surface area (Å²) in [5.41, 5.74) is 11.1. The largest absolute Gasteiger partial charge is 0.260 e. The molecule has 4 bridgehead atoms. The quantitative estimate of drug-likeness (QED) is 0.424. The van der Waals surface area contributed by atoms with E-state index in [9.17, 15) is 0 Å². The van der Waals surface area contributed by atoms with E-state index in [4.69, 9.17) is 9.97 Å². The molecule has 2 nitrogen and oxygen atoms in total. The number of hydrogen-bond donors (Lipinski definition) is 0. The zero-order valence-corrected chi connectivity index (χ0v) is 15.3. The summed E-state index contributed by atoms with van der Waals surface area (Å²) in [5.74, 6) is 0.974. The molecule has 10 rings (SSSR count). The maximum atomic E-state index is 4.94. The molecule has 2 heteroatoms. The van der Waals surface area contributed by atoms with Gasteiger partial charge in [0.1, 0.15) is 0 Å². The van der Waals surface area contributed by atoms with Gasteiger partial charge in [0, 0.05) is 36.1 Å². The van der Waals surface area contributed by atoms with Crippen LogP contribution in [0.1, 0.15) is 68.4 Å². The molecular weight excluding hydrogens is 340 g/mol. The van der Waals surface area contributed by atoms with Crippen LogP contribution in [0.4, 0.5) is 0 Å². The topological polar surface area (TPSA) is 25.8 Å². The lowest BCUT2D eigenvalue weighted by atomic mass is 9.55. The first-order valence-corrected chi connectivity index (χ1v) is 10.0. The van der Waals surface area contributed by atoms with Gasteiger partial charge in [-0.25, -0.2) is 0 Å². The van der Waals surface area contributed by atoms with E-state index in [1.807, 2.05) is 12.4 Å². The molecule has 0 saturated heterocycles. The van der Waals surface area contributed by atoms with Gasteiger partial charge in [0.25, 0.3) is 0 Å². The molecule has 0 fully saturated rings. The lowest BCUT2D eigenvalue weighted by molar-refractivity contribution is 0.509. The Morgan fingerprint density at radius 1 is 0.393 bits per heavy atom. The molecular formula is C26H18N2. The van der Waals surface area contributed by atoms with E-state index in [1.165, 1.54) is 44.8 Å². The minimum atomic E-state index is 0.208. The number of pyridine rings is 2. The second kappa shape index (κ2) is 5.17. The van der Waals surface area contributed by atoms with Crippen LogP contribution >= 0.6 is 0 Å². The second-order valence-corrected chi connectivity index (χ2v) is 8.12.